The number of carbonyl (C=O) groups is 1. The van der Waals surface area contributed by atoms with Crippen molar-refractivity contribution in [2.45, 2.75) is 5.91 Å². The van der Waals surface area contributed by atoms with E-state index in [0.717, 1.165) is 0 Å². The van der Waals surface area contributed by atoms with Crippen molar-refractivity contribution in [3.63, 3.8) is 0 Å². The van der Waals surface area contributed by atoms with E-state index < -0.39 is 17.6 Å². The zero-order valence-corrected chi connectivity index (χ0v) is 8.33. The molecule has 0 bridgehead atoms. The maximum atomic E-state index is 13.4. The summed E-state index contributed by atoms with van der Waals surface area (Å²) in [4.78, 5) is 11.5. The summed E-state index contributed by atoms with van der Waals surface area (Å²) in [5, 5.41) is 2.45. The molecule has 0 radical (unpaired) electrons. The first-order valence-corrected chi connectivity index (χ1v) is 4.36. The Balaban J connectivity index is 2.65. The molecule has 4 nitrogen and oxygen atoms in total. The topological polar surface area (TPSA) is 47.6 Å². The highest BCUT2D eigenvalue weighted by molar-refractivity contribution is 5.99. The highest BCUT2D eigenvalue weighted by Gasteiger charge is 2.45. The van der Waals surface area contributed by atoms with Crippen LogP contribution >= 0.6 is 0 Å². The Morgan fingerprint density at radius 3 is 2.60 bits per heavy atom. The molecule has 0 spiro atoms. The first-order valence-electron chi connectivity index (χ1n) is 4.36. The van der Waals surface area contributed by atoms with E-state index in [9.17, 15) is 9.18 Å². The number of amides is 1. The molecule has 15 heavy (non-hydrogen) atoms. The number of rotatable bonds is 2. The van der Waals surface area contributed by atoms with Crippen LogP contribution in [-0.4, -0.2) is 20.1 Å². The van der Waals surface area contributed by atoms with Gasteiger partial charge in [-0.3, -0.25) is 10.1 Å². The number of fused-ring (bicyclic) bond motifs is 1. The van der Waals surface area contributed by atoms with Crippen LogP contribution in [-0.2, 0) is 15.4 Å². The first kappa shape index (κ1) is 10.1. The lowest BCUT2D eigenvalue weighted by molar-refractivity contribution is -0.225. The van der Waals surface area contributed by atoms with Gasteiger partial charge in [0.2, 0.25) is 0 Å². The standard InChI is InChI=1S/C10H10FNO3/c1-14-10(15-2)6-4-3-5-7(11)8(6)9(13)12-10/h3-5H,1-2H3,(H,12,13). The highest BCUT2D eigenvalue weighted by Crippen LogP contribution is 2.33. The summed E-state index contributed by atoms with van der Waals surface area (Å²) < 4.78 is 23.5. The summed E-state index contributed by atoms with van der Waals surface area (Å²) in [7, 11) is 2.76. The van der Waals surface area contributed by atoms with E-state index in [4.69, 9.17) is 9.47 Å². The third-order valence-corrected chi connectivity index (χ3v) is 2.45. The van der Waals surface area contributed by atoms with Crippen LogP contribution in [0.15, 0.2) is 18.2 Å². The monoisotopic (exact) mass is 211 g/mol. The van der Waals surface area contributed by atoms with E-state index in [1.807, 2.05) is 0 Å². The van der Waals surface area contributed by atoms with E-state index in [2.05, 4.69) is 5.32 Å². The largest absolute Gasteiger partial charge is 0.332 e. The fraction of sp³-hybridized carbons (Fsp3) is 0.300. The van der Waals surface area contributed by atoms with Gasteiger partial charge in [0.25, 0.3) is 11.8 Å². The van der Waals surface area contributed by atoms with Crippen LogP contribution in [0.3, 0.4) is 0 Å². The maximum absolute atomic E-state index is 13.4. The van der Waals surface area contributed by atoms with Crippen molar-refractivity contribution in [1.82, 2.24) is 5.32 Å². The van der Waals surface area contributed by atoms with Crippen LogP contribution in [0.4, 0.5) is 4.39 Å². The summed E-state index contributed by atoms with van der Waals surface area (Å²) in [5.74, 6) is -2.48. The predicted octanol–water partition coefficient (Wildman–Crippen LogP) is 0.972. The Hall–Kier alpha value is -1.46. The number of hydrogen-bond acceptors (Lipinski definition) is 3. The number of carbonyl (C=O) groups excluding carboxylic acids is 1. The highest BCUT2D eigenvalue weighted by atomic mass is 19.1. The van der Waals surface area contributed by atoms with E-state index in [0.29, 0.717) is 5.56 Å². The quantitative estimate of drug-likeness (QED) is 0.741. The Kier molecular flexibility index (Phi) is 2.21. The zero-order chi connectivity index (χ0) is 11.1. The second-order valence-corrected chi connectivity index (χ2v) is 3.14. The zero-order valence-electron chi connectivity index (χ0n) is 8.33. The summed E-state index contributed by atoms with van der Waals surface area (Å²) in [6.45, 7) is 0. The molecule has 0 saturated heterocycles. The van der Waals surface area contributed by atoms with Gasteiger partial charge < -0.3 is 9.47 Å². The van der Waals surface area contributed by atoms with Gasteiger partial charge in [0, 0.05) is 19.8 Å². The van der Waals surface area contributed by atoms with E-state index >= 15 is 0 Å². The fourth-order valence-electron chi connectivity index (χ4n) is 1.71. The number of ether oxygens (including phenoxy) is 2. The van der Waals surface area contributed by atoms with Gasteiger partial charge in [0.1, 0.15) is 5.82 Å². The van der Waals surface area contributed by atoms with Gasteiger partial charge in [0.15, 0.2) is 0 Å². The van der Waals surface area contributed by atoms with Crippen LogP contribution in [0, 0.1) is 5.82 Å². The number of halogens is 1. The number of hydrogen-bond donors (Lipinski definition) is 1. The minimum absolute atomic E-state index is 0.0267. The van der Waals surface area contributed by atoms with Gasteiger partial charge in [0.05, 0.1) is 5.56 Å². The average molecular weight is 211 g/mol. The lowest BCUT2D eigenvalue weighted by Gasteiger charge is -2.26. The molecular weight excluding hydrogens is 201 g/mol. The molecule has 0 aromatic heterocycles. The van der Waals surface area contributed by atoms with Gasteiger partial charge in [-0.05, 0) is 6.07 Å². The molecule has 1 N–H and O–H groups in total. The van der Waals surface area contributed by atoms with Gasteiger partial charge >= 0.3 is 0 Å². The van der Waals surface area contributed by atoms with Crippen LogP contribution in [0.2, 0.25) is 0 Å². The van der Waals surface area contributed by atoms with E-state index in [-0.39, 0.29) is 5.56 Å². The smallest absolute Gasteiger partial charge is 0.280 e. The van der Waals surface area contributed by atoms with Gasteiger partial charge in [-0.25, -0.2) is 4.39 Å². The number of nitrogens with one attached hydrogen (secondary N) is 1. The Morgan fingerprint density at radius 2 is 2.00 bits per heavy atom. The predicted molar refractivity (Wildman–Crippen MR) is 49.6 cm³/mol. The Morgan fingerprint density at radius 1 is 1.33 bits per heavy atom. The van der Waals surface area contributed by atoms with Crippen molar-refractivity contribution in [3.05, 3.63) is 35.1 Å². The van der Waals surface area contributed by atoms with Crippen molar-refractivity contribution in [2.24, 2.45) is 0 Å². The first-order chi connectivity index (χ1) is 7.14. The molecular formula is C10H10FNO3. The molecule has 0 fully saturated rings. The van der Waals surface area contributed by atoms with Crippen molar-refractivity contribution < 1.29 is 18.7 Å². The minimum Gasteiger partial charge on any atom is -0.332 e. The van der Waals surface area contributed by atoms with Crippen molar-refractivity contribution in [3.8, 4) is 0 Å². The Bertz CT molecular complexity index is 415. The second kappa shape index (κ2) is 3.29. The molecule has 80 valence electrons. The third kappa shape index (κ3) is 1.24. The minimum atomic E-state index is -1.37. The van der Waals surface area contributed by atoms with Crippen LogP contribution in [0.25, 0.3) is 0 Å². The number of benzene rings is 1. The van der Waals surface area contributed by atoms with E-state index in [1.165, 1.54) is 26.4 Å². The summed E-state index contributed by atoms with van der Waals surface area (Å²) in [6.07, 6.45) is 0. The van der Waals surface area contributed by atoms with Gasteiger partial charge in [-0.1, -0.05) is 12.1 Å². The van der Waals surface area contributed by atoms with Gasteiger partial charge in [-0.15, -0.1) is 0 Å². The lowest BCUT2D eigenvalue weighted by Crippen LogP contribution is -2.42. The molecule has 2 rings (SSSR count). The third-order valence-electron chi connectivity index (χ3n) is 2.45. The fourth-order valence-corrected chi connectivity index (χ4v) is 1.71. The molecule has 1 aromatic rings. The SMILES string of the molecule is COC1(OC)NC(=O)c2c(F)cccc21. The lowest BCUT2D eigenvalue weighted by atomic mass is 10.1. The second-order valence-electron chi connectivity index (χ2n) is 3.14. The molecule has 5 heteroatoms. The molecule has 0 aliphatic carbocycles. The summed E-state index contributed by atoms with van der Waals surface area (Å²) >= 11 is 0. The normalized spacial score (nSPS) is 17.4. The molecule has 1 heterocycles. The summed E-state index contributed by atoms with van der Waals surface area (Å²) in [6, 6.07) is 4.31. The average Bonchev–Trinajstić information content (AvgIpc) is 2.54. The van der Waals surface area contributed by atoms with Crippen molar-refractivity contribution in [1.29, 1.82) is 0 Å². The Labute approximate surface area is 86.0 Å². The summed E-state index contributed by atoms with van der Waals surface area (Å²) in [5.41, 5.74) is 0.332. The van der Waals surface area contributed by atoms with Crippen LogP contribution in [0.1, 0.15) is 15.9 Å². The van der Waals surface area contributed by atoms with E-state index in [1.54, 1.807) is 6.07 Å². The van der Waals surface area contributed by atoms with Crippen LogP contribution < -0.4 is 5.32 Å². The molecule has 1 aliphatic heterocycles. The molecule has 0 atom stereocenters. The van der Waals surface area contributed by atoms with Gasteiger partial charge in [-0.2, -0.15) is 0 Å². The number of methoxy groups -OCH3 is 2. The molecule has 1 aromatic carbocycles. The maximum Gasteiger partial charge on any atom is 0.280 e. The van der Waals surface area contributed by atoms with Crippen molar-refractivity contribution >= 4 is 5.91 Å². The molecule has 1 amide bonds. The molecule has 0 unspecified atom stereocenters. The van der Waals surface area contributed by atoms with Crippen molar-refractivity contribution in [2.75, 3.05) is 14.2 Å². The molecule has 0 saturated carbocycles. The molecule has 1 aliphatic rings. The van der Waals surface area contributed by atoms with Crippen LogP contribution in [0.5, 0.6) is 0 Å².